The summed E-state index contributed by atoms with van der Waals surface area (Å²) < 4.78 is 5.75. The first-order valence-electron chi connectivity index (χ1n) is 6.84. The molecule has 1 heterocycles. The summed E-state index contributed by atoms with van der Waals surface area (Å²) >= 11 is 12.1. The number of rotatable bonds is 5. The first-order valence-corrected chi connectivity index (χ1v) is 7.59. The highest BCUT2D eigenvalue weighted by molar-refractivity contribution is 6.42. The number of ether oxygens (including phenoxy) is 1. The second-order valence-electron chi connectivity index (χ2n) is 4.99. The smallest absolute Gasteiger partial charge is 0.222 e. The highest BCUT2D eigenvalue weighted by atomic mass is 35.5. The third kappa shape index (κ3) is 4.10. The van der Waals surface area contributed by atoms with Gasteiger partial charge in [0, 0.05) is 17.8 Å². The fraction of sp³-hybridized carbons (Fsp3) is 0.312. The fourth-order valence-electron chi connectivity index (χ4n) is 1.95. The summed E-state index contributed by atoms with van der Waals surface area (Å²) in [6.07, 6.45) is 3.54. The molecule has 112 valence electrons. The minimum atomic E-state index is 0.153. The first kappa shape index (κ1) is 16.1. The van der Waals surface area contributed by atoms with Crippen molar-refractivity contribution in [2.75, 3.05) is 0 Å². The van der Waals surface area contributed by atoms with Crippen molar-refractivity contribution in [2.24, 2.45) is 5.73 Å². The maximum atomic E-state index is 6.11. The number of hydrogen-bond acceptors (Lipinski definition) is 3. The molecule has 0 fully saturated rings. The summed E-state index contributed by atoms with van der Waals surface area (Å²) in [5, 5.41) is 0.842. The van der Waals surface area contributed by atoms with Gasteiger partial charge >= 0.3 is 0 Å². The second-order valence-corrected chi connectivity index (χ2v) is 5.78. The Kier molecular flexibility index (Phi) is 5.45. The highest BCUT2D eigenvalue weighted by Crippen LogP contribution is 2.34. The molecule has 2 aromatic rings. The van der Waals surface area contributed by atoms with Gasteiger partial charge in [0.25, 0.3) is 0 Å². The van der Waals surface area contributed by atoms with Crippen LogP contribution in [0.15, 0.2) is 30.5 Å². The maximum Gasteiger partial charge on any atom is 0.222 e. The van der Waals surface area contributed by atoms with Crippen LogP contribution in [0.2, 0.25) is 10.0 Å². The van der Waals surface area contributed by atoms with Gasteiger partial charge in [-0.3, -0.25) is 0 Å². The van der Waals surface area contributed by atoms with Crippen LogP contribution in [0.25, 0.3) is 0 Å². The van der Waals surface area contributed by atoms with Crippen molar-refractivity contribution in [3.8, 4) is 11.6 Å². The van der Waals surface area contributed by atoms with E-state index in [0.717, 1.165) is 24.0 Å². The van der Waals surface area contributed by atoms with Crippen LogP contribution in [0.1, 0.15) is 24.5 Å². The van der Waals surface area contributed by atoms with Crippen LogP contribution < -0.4 is 10.5 Å². The van der Waals surface area contributed by atoms with Gasteiger partial charge in [0.15, 0.2) is 0 Å². The van der Waals surface area contributed by atoms with Gasteiger partial charge in [-0.2, -0.15) is 0 Å². The van der Waals surface area contributed by atoms with E-state index in [4.69, 9.17) is 33.7 Å². The molecule has 3 nitrogen and oxygen atoms in total. The first-order chi connectivity index (χ1) is 10.0. The van der Waals surface area contributed by atoms with Crippen LogP contribution in [0.4, 0.5) is 0 Å². The summed E-state index contributed by atoms with van der Waals surface area (Å²) in [7, 11) is 0. The molecule has 0 saturated heterocycles. The molecular weight excluding hydrogens is 307 g/mol. The Morgan fingerprint density at radius 1 is 1.33 bits per heavy atom. The van der Waals surface area contributed by atoms with Crippen LogP contribution in [0.3, 0.4) is 0 Å². The van der Waals surface area contributed by atoms with Gasteiger partial charge in [0.2, 0.25) is 5.88 Å². The van der Waals surface area contributed by atoms with E-state index in [-0.39, 0.29) is 6.04 Å². The van der Waals surface area contributed by atoms with Crippen molar-refractivity contribution in [3.63, 3.8) is 0 Å². The van der Waals surface area contributed by atoms with Crippen molar-refractivity contribution in [1.29, 1.82) is 0 Å². The predicted molar refractivity (Wildman–Crippen MR) is 87.5 cm³/mol. The minimum absolute atomic E-state index is 0.153. The van der Waals surface area contributed by atoms with Gasteiger partial charge in [-0.05, 0) is 43.5 Å². The lowest BCUT2D eigenvalue weighted by Crippen LogP contribution is -2.21. The van der Waals surface area contributed by atoms with E-state index in [2.05, 4.69) is 11.9 Å². The molecule has 1 atom stereocenters. The number of halogens is 2. The number of benzene rings is 1. The Hall–Kier alpha value is -1.29. The quantitative estimate of drug-likeness (QED) is 0.861. The molecule has 1 unspecified atom stereocenters. The summed E-state index contributed by atoms with van der Waals surface area (Å²) in [6, 6.07) is 7.45. The van der Waals surface area contributed by atoms with Gasteiger partial charge < -0.3 is 10.5 Å². The molecule has 1 aromatic heterocycles. The zero-order valence-corrected chi connectivity index (χ0v) is 13.6. The summed E-state index contributed by atoms with van der Waals surface area (Å²) in [5.74, 6) is 1.02. The highest BCUT2D eigenvalue weighted by Gasteiger charge is 2.10. The zero-order valence-electron chi connectivity index (χ0n) is 12.1. The number of aromatic nitrogens is 1. The Balaban J connectivity index is 2.19. The lowest BCUT2D eigenvalue weighted by atomic mass is 10.1. The van der Waals surface area contributed by atoms with E-state index in [1.165, 1.54) is 0 Å². The van der Waals surface area contributed by atoms with Crippen LogP contribution in [0, 0.1) is 6.92 Å². The van der Waals surface area contributed by atoms with Crippen LogP contribution in [-0.2, 0) is 6.42 Å². The van der Waals surface area contributed by atoms with Gasteiger partial charge in [-0.25, -0.2) is 4.98 Å². The van der Waals surface area contributed by atoms with Gasteiger partial charge in [-0.15, -0.1) is 0 Å². The second kappa shape index (κ2) is 7.12. The normalized spacial score (nSPS) is 12.2. The molecule has 0 radical (unpaired) electrons. The number of hydrogen-bond donors (Lipinski definition) is 1. The number of nitrogens with two attached hydrogens (primary N) is 1. The molecule has 5 heteroatoms. The molecule has 0 saturated carbocycles. The Labute approximate surface area is 135 Å². The molecule has 0 amide bonds. The van der Waals surface area contributed by atoms with Gasteiger partial charge in [0.1, 0.15) is 10.8 Å². The molecule has 21 heavy (non-hydrogen) atoms. The van der Waals surface area contributed by atoms with E-state index in [9.17, 15) is 0 Å². The average molecular weight is 325 g/mol. The lowest BCUT2D eigenvalue weighted by Gasteiger charge is -2.12. The molecule has 1 aromatic carbocycles. The van der Waals surface area contributed by atoms with Crippen molar-refractivity contribution >= 4 is 23.2 Å². The number of aryl methyl sites for hydroxylation is 1. The SMILES string of the molecule is CCC(N)Cc1cnc(Oc2cccc(Cl)c2Cl)c(C)c1. The summed E-state index contributed by atoms with van der Waals surface area (Å²) in [4.78, 5) is 4.35. The predicted octanol–water partition coefficient (Wildman–Crippen LogP) is 4.77. The van der Waals surface area contributed by atoms with Crippen molar-refractivity contribution in [3.05, 3.63) is 51.6 Å². The summed E-state index contributed by atoms with van der Waals surface area (Å²) in [6.45, 7) is 4.02. The maximum absolute atomic E-state index is 6.11. The van der Waals surface area contributed by atoms with Crippen LogP contribution >= 0.6 is 23.2 Å². The lowest BCUT2D eigenvalue weighted by molar-refractivity contribution is 0.458. The molecule has 0 aliphatic rings. The topological polar surface area (TPSA) is 48.1 Å². The Morgan fingerprint density at radius 2 is 2.10 bits per heavy atom. The van der Waals surface area contributed by atoms with E-state index >= 15 is 0 Å². The van der Waals surface area contributed by atoms with Crippen LogP contribution in [0.5, 0.6) is 11.6 Å². The standard InChI is InChI=1S/C16H18Cl2N2O/c1-3-12(19)8-11-7-10(2)16(20-9-11)21-14-6-4-5-13(17)15(14)18/h4-7,9,12H,3,8,19H2,1-2H3. The molecule has 0 aliphatic carbocycles. The molecule has 2 rings (SSSR count). The van der Waals surface area contributed by atoms with Crippen molar-refractivity contribution in [2.45, 2.75) is 32.7 Å². The molecular formula is C16H18Cl2N2O. The Morgan fingerprint density at radius 3 is 2.76 bits per heavy atom. The third-order valence-corrected chi connectivity index (χ3v) is 4.03. The molecule has 0 spiro atoms. The van der Waals surface area contributed by atoms with Gasteiger partial charge in [-0.1, -0.05) is 36.2 Å². The fourth-order valence-corrected chi connectivity index (χ4v) is 2.28. The van der Waals surface area contributed by atoms with Gasteiger partial charge in [0.05, 0.1) is 5.02 Å². The molecule has 2 N–H and O–H groups in total. The zero-order chi connectivity index (χ0) is 15.4. The molecule has 0 bridgehead atoms. The largest absolute Gasteiger partial charge is 0.437 e. The van der Waals surface area contributed by atoms with Crippen LogP contribution in [-0.4, -0.2) is 11.0 Å². The third-order valence-electron chi connectivity index (χ3n) is 3.23. The Bertz CT molecular complexity index is 632. The summed E-state index contributed by atoms with van der Waals surface area (Å²) in [5.41, 5.74) is 8.00. The average Bonchev–Trinajstić information content (AvgIpc) is 2.46. The van der Waals surface area contributed by atoms with E-state index in [1.54, 1.807) is 24.4 Å². The van der Waals surface area contributed by atoms with E-state index in [0.29, 0.717) is 21.7 Å². The minimum Gasteiger partial charge on any atom is -0.437 e. The van der Waals surface area contributed by atoms with E-state index in [1.807, 2.05) is 13.0 Å². The number of pyridine rings is 1. The van der Waals surface area contributed by atoms with Crippen molar-refractivity contribution in [1.82, 2.24) is 4.98 Å². The monoisotopic (exact) mass is 324 g/mol. The molecule has 0 aliphatic heterocycles. The van der Waals surface area contributed by atoms with Crippen molar-refractivity contribution < 1.29 is 4.74 Å². The van der Waals surface area contributed by atoms with E-state index < -0.39 is 0 Å². The number of nitrogens with zero attached hydrogens (tertiary/aromatic N) is 1.